The van der Waals surface area contributed by atoms with Gasteiger partial charge in [0.15, 0.2) is 16.3 Å². The molecule has 0 amide bonds. The lowest BCUT2D eigenvalue weighted by molar-refractivity contribution is -0.136. The van der Waals surface area contributed by atoms with Crippen LogP contribution in [0.5, 0.6) is 17.2 Å². The number of aromatic nitrogens is 1. The van der Waals surface area contributed by atoms with Gasteiger partial charge in [-0.15, -0.1) is 0 Å². The molecule has 1 atom stereocenters. The first-order valence-corrected chi connectivity index (χ1v) is 11.8. The molecule has 0 radical (unpaired) electrons. The van der Waals surface area contributed by atoms with Crippen molar-refractivity contribution in [2.24, 2.45) is 4.99 Å². The summed E-state index contributed by atoms with van der Waals surface area (Å²) in [6.07, 6.45) is 1.79. The predicted molar refractivity (Wildman–Crippen MR) is 133 cm³/mol. The van der Waals surface area contributed by atoms with Gasteiger partial charge in [-0.2, -0.15) is 0 Å². The van der Waals surface area contributed by atoms with Crippen LogP contribution in [0.1, 0.15) is 31.0 Å². The van der Waals surface area contributed by atoms with Crippen LogP contribution in [0.2, 0.25) is 0 Å². The van der Waals surface area contributed by atoms with Crippen molar-refractivity contribution in [2.45, 2.75) is 19.9 Å². The number of allylic oxidation sites excluding steroid dienone is 1. The zero-order valence-electron chi connectivity index (χ0n) is 20.2. The molecule has 1 aliphatic heterocycles. The Kier molecular flexibility index (Phi) is 7.07. The largest absolute Gasteiger partial charge is 0.497 e. The standard InChI is InChI=1S/C26H26N2O6S/c1-6-34-20-13-16(7-12-19(20)32-4)14-21-24(29)28-23(17-8-10-18(31-3)11-9-17)22(25(30)33-5)15(2)27-26(28)35-21/h7-14,23H,6H2,1-5H3. The monoisotopic (exact) mass is 494 g/mol. The van der Waals surface area contributed by atoms with Crippen LogP contribution in [0.3, 0.4) is 0 Å². The molecule has 0 N–H and O–H groups in total. The molecule has 0 aliphatic carbocycles. The highest BCUT2D eigenvalue weighted by Gasteiger charge is 2.33. The second-order valence-corrected chi connectivity index (χ2v) is 8.70. The molecule has 182 valence electrons. The van der Waals surface area contributed by atoms with Crippen molar-refractivity contribution in [1.29, 1.82) is 0 Å². The van der Waals surface area contributed by atoms with Gasteiger partial charge in [0, 0.05) is 0 Å². The third-order valence-electron chi connectivity index (χ3n) is 5.64. The summed E-state index contributed by atoms with van der Waals surface area (Å²) in [5.74, 6) is 1.35. The van der Waals surface area contributed by atoms with Crippen LogP contribution in [0.15, 0.2) is 63.5 Å². The van der Waals surface area contributed by atoms with E-state index < -0.39 is 12.0 Å². The maximum atomic E-state index is 13.6. The first kappa shape index (κ1) is 24.3. The summed E-state index contributed by atoms with van der Waals surface area (Å²) in [6, 6.07) is 12.1. The summed E-state index contributed by atoms with van der Waals surface area (Å²) in [6.45, 7) is 4.13. The number of carbonyl (C=O) groups is 1. The first-order valence-electron chi connectivity index (χ1n) is 11.0. The number of carbonyl (C=O) groups excluding carboxylic acids is 1. The van der Waals surface area contributed by atoms with E-state index in [4.69, 9.17) is 18.9 Å². The maximum absolute atomic E-state index is 13.6. The Balaban J connectivity index is 1.91. The molecule has 4 rings (SSSR count). The van der Waals surface area contributed by atoms with Crippen molar-refractivity contribution in [3.8, 4) is 17.2 Å². The molecule has 1 aromatic heterocycles. The third kappa shape index (κ3) is 4.59. The topological polar surface area (TPSA) is 88.4 Å². The van der Waals surface area contributed by atoms with Gasteiger partial charge in [-0.05, 0) is 55.3 Å². The van der Waals surface area contributed by atoms with Gasteiger partial charge >= 0.3 is 5.97 Å². The van der Waals surface area contributed by atoms with Gasteiger partial charge in [-0.1, -0.05) is 29.5 Å². The summed E-state index contributed by atoms with van der Waals surface area (Å²) < 4.78 is 23.4. The molecule has 0 spiro atoms. The summed E-state index contributed by atoms with van der Waals surface area (Å²) in [7, 11) is 4.48. The SMILES string of the molecule is CCOc1cc(C=c2sc3n(c2=O)C(c2ccc(OC)cc2)C(C(=O)OC)=C(C)N=3)ccc1OC. The van der Waals surface area contributed by atoms with E-state index in [9.17, 15) is 9.59 Å². The minimum Gasteiger partial charge on any atom is -0.497 e. The van der Waals surface area contributed by atoms with Crippen molar-refractivity contribution in [1.82, 2.24) is 4.57 Å². The molecule has 0 fully saturated rings. The Bertz CT molecular complexity index is 1470. The van der Waals surface area contributed by atoms with E-state index in [0.29, 0.717) is 44.5 Å². The molecule has 9 heteroatoms. The van der Waals surface area contributed by atoms with Crippen LogP contribution >= 0.6 is 11.3 Å². The Morgan fingerprint density at radius 2 is 1.83 bits per heavy atom. The van der Waals surface area contributed by atoms with Crippen molar-refractivity contribution in [3.63, 3.8) is 0 Å². The Morgan fingerprint density at radius 3 is 2.46 bits per heavy atom. The van der Waals surface area contributed by atoms with E-state index in [2.05, 4.69) is 4.99 Å². The number of nitrogens with zero attached hydrogens (tertiary/aromatic N) is 2. The van der Waals surface area contributed by atoms with Gasteiger partial charge in [0.05, 0.1) is 49.8 Å². The van der Waals surface area contributed by atoms with Crippen LogP contribution < -0.4 is 29.1 Å². The number of hydrogen-bond acceptors (Lipinski definition) is 8. The van der Waals surface area contributed by atoms with Crippen LogP contribution in [-0.4, -0.2) is 38.5 Å². The van der Waals surface area contributed by atoms with Crippen LogP contribution in [-0.2, 0) is 9.53 Å². The molecular formula is C26H26N2O6S. The summed E-state index contributed by atoms with van der Waals surface area (Å²) in [5.41, 5.74) is 2.10. The zero-order valence-corrected chi connectivity index (χ0v) is 21.0. The van der Waals surface area contributed by atoms with Crippen LogP contribution in [0.4, 0.5) is 0 Å². The molecular weight excluding hydrogens is 468 g/mol. The maximum Gasteiger partial charge on any atom is 0.338 e. The van der Waals surface area contributed by atoms with E-state index >= 15 is 0 Å². The Hall–Kier alpha value is -3.85. The molecule has 35 heavy (non-hydrogen) atoms. The number of fused-ring (bicyclic) bond motifs is 1. The number of esters is 1. The third-order valence-corrected chi connectivity index (χ3v) is 6.63. The van der Waals surface area contributed by atoms with E-state index in [-0.39, 0.29) is 5.56 Å². The quantitative estimate of drug-likeness (QED) is 0.470. The van der Waals surface area contributed by atoms with Gasteiger partial charge in [0.1, 0.15) is 5.75 Å². The smallest absolute Gasteiger partial charge is 0.338 e. The molecule has 2 heterocycles. The van der Waals surface area contributed by atoms with Crippen molar-refractivity contribution in [3.05, 3.63) is 84.5 Å². The van der Waals surface area contributed by atoms with E-state index in [0.717, 1.165) is 11.1 Å². The first-order chi connectivity index (χ1) is 16.9. The predicted octanol–water partition coefficient (Wildman–Crippen LogP) is 2.82. The highest BCUT2D eigenvalue weighted by molar-refractivity contribution is 7.07. The number of benzene rings is 2. The number of methoxy groups -OCH3 is 3. The Labute approximate surface area is 206 Å². The number of rotatable bonds is 7. The fourth-order valence-electron chi connectivity index (χ4n) is 4.00. The van der Waals surface area contributed by atoms with Crippen molar-refractivity contribution >= 4 is 23.4 Å². The average Bonchev–Trinajstić information content (AvgIpc) is 3.17. The highest BCUT2D eigenvalue weighted by atomic mass is 32.1. The lowest BCUT2D eigenvalue weighted by Crippen LogP contribution is -2.39. The van der Waals surface area contributed by atoms with Gasteiger partial charge in [-0.3, -0.25) is 9.36 Å². The molecule has 0 saturated carbocycles. The van der Waals surface area contributed by atoms with E-state index in [1.54, 1.807) is 50.0 Å². The molecule has 0 bridgehead atoms. The minimum absolute atomic E-state index is 0.253. The van der Waals surface area contributed by atoms with Crippen LogP contribution in [0.25, 0.3) is 6.08 Å². The van der Waals surface area contributed by atoms with E-state index in [1.165, 1.54) is 18.4 Å². The molecule has 2 aromatic carbocycles. The van der Waals surface area contributed by atoms with Gasteiger partial charge in [0.2, 0.25) is 0 Å². The van der Waals surface area contributed by atoms with Crippen molar-refractivity contribution in [2.75, 3.05) is 27.9 Å². The van der Waals surface area contributed by atoms with Crippen molar-refractivity contribution < 1.29 is 23.7 Å². The molecule has 1 unspecified atom stereocenters. The molecule has 0 saturated heterocycles. The highest BCUT2D eigenvalue weighted by Crippen LogP contribution is 2.32. The summed E-state index contributed by atoms with van der Waals surface area (Å²) >= 11 is 1.26. The number of hydrogen-bond donors (Lipinski definition) is 0. The fraction of sp³-hybridized carbons (Fsp3) is 0.269. The molecule has 3 aromatic rings. The number of thiazole rings is 1. The zero-order chi connectivity index (χ0) is 25.1. The normalized spacial score (nSPS) is 15.3. The summed E-state index contributed by atoms with van der Waals surface area (Å²) in [4.78, 5) is 31.5. The molecule has 8 nitrogen and oxygen atoms in total. The van der Waals surface area contributed by atoms with Gasteiger partial charge < -0.3 is 18.9 Å². The lowest BCUT2D eigenvalue weighted by Gasteiger charge is -2.24. The van der Waals surface area contributed by atoms with Gasteiger partial charge in [0.25, 0.3) is 5.56 Å². The average molecular weight is 495 g/mol. The van der Waals surface area contributed by atoms with Crippen LogP contribution in [0, 0.1) is 0 Å². The fourth-order valence-corrected chi connectivity index (χ4v) is 5.04. The Morgan fingerprint density at radius 1 is 1.09 bits per heavy atom. The number of ether oxygens (including phenoxy) is 4. The van der Waals surface area contributed by atoms with E-state index in [1.807, 2.05) is 31.2 Å². The lowest BCUT2D eigenvalue weighted by atomic mass is 9.96. The molecule has 1 aliphatic rings. The summed E-state index contributed by atoms with van der Waals surface area (Å²) in [5, 5.41) is 0. The van der Waals surface area contributed by atoms with Gasteiger partial charge in [-0.25, -0.2) is 9.79 Å². The second kappa shape index (κ2) is 10.2. The minimum atomic E-state index is -0.679. The second-order valence-electron chi connectivity index (χ2n) is 7.69.